The summed E-state index contributed by atoms with van der Waals surface area (Å²) in [4.78, 5) is 25.3. The van der Waals surface area contributed by atoms with Gasteiger partial charge in [-0.3, -0.25) is 9.36 Å². The quantitative estimate of drug-likeness (QED) is 0.701. The first kappa shape index (κ1) is 19.9. The monoisotopic (exact) mass is 417 g/mol. The molecule has 0 fully saturated rings. The van der Waals surface area contributed by atoms with Crippen LogP contribution in [0.1, 0.15) is 45.5 Å². The predicted octanol–water partition coefficient (Wildman–Crippen LogP) is 3.49. The van der Waals surface area contributed by atoms with E-state index >= 15 is 0 Å². The van der Waals surface area contributed by atoms with Crippen LogP contribution in [-0.4, -0.2) is 32.4 Å². The number of carbonyl (C=O) groups is 1. The van der Waals surface area contributed by atoms with Crippen molar-refractivity contribution in [3.05, 3.63) is 58.9 Å². The number of aryl methyl sites for hydroxylation is 1. The summed E-state index contributed by atoms with van der Waals surface area (Å²) in [6.07, 6.45) is -0.971. The fraction of sp³-hybridized carbons (Fsp3) is 0.300. The highest BCUT2D eigenvalue weighted by molar-refractivity contribution is 5.99. The number of hydrogen-bond donors (Lipinski definition) is 1. The van der Waals surface area contributed by atoms with Gasteiger partial charge in [0.1, 0.15) is 11.6 Å². The van der Waals surface area contributed by atoms with Gasteiger partial charge in [0.2, 0.25) is 5.95 Å². The van der Waals surface area contributed by atoms with Crippen LogP contribution in [0.2, 0.25) is 0 Å². The molecule has 1 aliphatic rings. The van der Waals surface area contributed by atoms with Crippen LogP contribution in [0.5, 0.6) is 5.75 Å². The fourth-order valence-corrected chi connectivity index (χ4v) is 3.86. The van der Waals surface area contributed by atoms with E-state index in [0.717, 1.165) is 12.1 Å². The second-order valence-corrected chi connectivity index (χ2v) is 7.06. The third-order valence-corrected chi connectivity index (χ3v) is 5.13. The number of aromatic nitrogens is 4. The van der Waals surface area contributed by atoms with Gasteiger partial charge >= 0.3 is 6.18 Å². The number of alkyl halides is 3. The van der Waals surface area contributed by atoms with Crippen molar-refractivity contribution in [3.8, 4) is 11.4 Å². The molecule has 30 heavy (non-hydrogen) atoms. The number of benzene rings is 1. The summed E-state index contributed by atoms with van der Waals surface area (Å²) in [6, 6.07) is 3.23. The number of methoxy groups -OCH3 is 1. The number of Topliss-reactive ketones (excluding diaryl/α,β-unsaturated/α-hetero) is 1. The maximum Gasteiger partial charge on any atom is 0.416 e. The molecule has 4 rings (SSSR count). The van der Waals surface area contributed by atoms with Crippen molar-refractivity contribution in [2.75, 3.05) is 12.8 Å². The molecule has 1 unspecified atom stereocenters. The minimum Gasteiger partial charge on any atom is -0.495 e. The van der Waals surface area contributed by atoms with Crippen molar-refractivity contribution < 1.29 is 22.7 Å². The maximum atomic E-state index is 13.3. The number of halogens is 3. The fourth-order valence-electron chi connectivity index (χ4n) is 3.86. The van der Waals surface area contributed by atoms with E-state index in [2.05, 4.69) is 15.0 Å². The Labute approximate surface area is 169 Å². The second kappa shape index (κ2) is 7.12. The van der Waals surface area contributed by atoms with Gasteiger partial charge in [-0.05, 0) is 25.1 Å². The molecule has 1 aliphatic carbocycles. The first-order valence-electron chi connectivity index (χ1n) is 9.14. The Bertz CT molecular complexity index is 1140. The third-order valence-electron chi connectivity index (χ3n) is 5.13. The zero-order valence-electron chi connectivity index (χ0n) is 16.2. The van der Waals surface area contributed by atoms with Gasteiger partial charge in [0, 0.05) is 31.2 Å². The van der Waals surface area contributed by atoms with E-state index in [4.69, 9.17) is 10.5 Å². The second-order valence-electron chi connectivity index (χ2n) is 7.06. The summed E-state index contributed by atoms with van der Waals surface area (Å²) in [5.74, 6) is 0.244. The topological polar surface area (TPSA) is 95.9 Å². The molecule has 2 N–H and O–H groups in total. The van der Waals surface area contributed by atoms with Crippen LogP contribution in [0.3, 0.4) is 0 Å². The lowest BCUT2D eigenvalue weighted by Crippen LogP contribution is -2.24. The van der Waals surface area contributed by atoms with E-state index in [0.29, 0.717) is 29.2 Å². The minimum absolute atomic E-state index is 0.0718. The van der Waals surface area contributed by atoms with Gasteiger partial charge in [-0.1, -0.05) is 0 Å². The van der Waals surface area contributed by atoms with Crippen molar-refractivity contribution in [1.82, 2.24) is 19.5 Å². The Balaban J connectivity index is 1.79. The molecule has 2 heterocycles. The number of nitrogens with two attached hydrogens (primary N) is 1. The Hall–Kier alpha value is -3.43. The highest BCUT2D eigenvalue weighted by Crippen LogP contribution is 2.37. The highest BCUT2D eigenvalue weighted by atomic mass is 19.4. The van der Waals surface area contributed by atoms with Crippen molar-refractivity contribution in [3.63, 3.8) is 0 Å². The van der Waals surface area contributed by atoms with E-state index in [1.165, 1.54) is 23.9 Å². The molecule has 0 aliphatic heterocycles. The van der Waals surface area contributed by atoms with E-state index in [1.807, 2.05) is 0 Å². The average molecular weight is 417 g/mol. The van der Waals surface area contributed by atoms with Crippen LogP contribution >= 0.6 is 0 Å². The zero-order valence-corrected chi connectivity index (χ0v) is 16.2. The van der Waals surface area contributed by atoms with Crippen molar-refractivity contribution in [2.24, 2.45) is 0 Å². The molecule has 1 atom stereocenters. The molecule has 7 nitrogen and oxygen atoms in total. The van der Waals surface area contributed by atoms with Gasteiger partial charge in [-0.15, -0.1) is 0 Å². The predicted molar refractivity (Wildman–Crippen MR) is 102 cm³/mol. The van der Waals surface area contributed by atoms with Gasteiger partial charge in [0.25, 0.3) is 0 Å². The Morgan fingerprint density at radius 2 is 2.00 bits per heavy atom. The van der Waals surface area contributed by atoms with E-state index < -0.39 is 11.7 Å². The molecule has 0 saturated carbocycles. The summed E-state index contributed by atoms with van der Waals surface area (Å²) < 4.78 is 46.6. The largest absolute Gasteiger partial charge is 0.495 e. The SMILES string of the molecule is COc1ccc(C(F)(F)F)cc1-n1ccnc1C1CC(=O)c2c(C)nc(N)nc2C1. The van der Waals surface area contributed by atoms with Crippen LogP contribution in [0, 0.1) is 6.92 Å². The number of imidazole rings is 1. The van der Waals surface area contributed by atoms with E-state index in [1.54, 1.807) is 13.1 Å². The highest BCUT2D eigenvalue weighted by Gasteiger charge is 2.34. The van der Waals surface area contributed by atoms with Gasteiger partial charge in [-0.25, -0.2) is 15.0 Å². The summed E-state index contributed by atoms with van der Waals surface area (Å²) in [5.41, 5.74) is 6.61. The van der Waals surface area contributed by atoms with E-state index in [-0.39, 0.29) is 35.5 Å². The number of ether oxygens (including phenoxy) is 1. The molecule has 10 heteroatoms. The first-order valence-corrected chi connectivity index (χ1v) is 9.14. The number of rotatable bonds is 3. The Morgan fingerprint density at radius 3 is 2.70 bits per heavy atom. The van der Waals surface area contributed by atoms with Crippen LogP contribution in [0.15, 0.2) is 30.6 Å². The number of nitrogens with zero attached hydrogens (tertiary/aromatic N) is 4. The number of carbonyl (C=O) groups excluding carboxylic acids is 1. The molecule has 1 aromatic carbocycles. The van der Waals surface area contributed by atoms with Gasteiger partial charge in [-0.2, -0.15) is 13.2 Å². The summed E-state index contributed by atoms with van der Waals surface area (Å²) >= 11 is 0. The molecule has 0 amide bonds. The number of nitrogen functional groups attached to an aromatic ring is 1. The smallest absolute Gasteiger partial charge is 0.416 e. The average Bonchev–Trinajstić information content (AvgIpc) is 3.15. The normalized spacial score (nSPS) is 16.4. The van der Waals surface area contributed by atoms with Crippen LogP contribution in [0.25, 0.3) is 5.69 Å². The zero-order chi connectivity index (χ0) is 21.6. The summed E-state index contributed by atoms with van der Waals surface area (Å²) in [6.45, 7) is 1.70. The maximum absolute atomic E-state index is 13.3. The number of hydrogen-bond acceptors (Lipinski definition) is 6. The standard InChI is InChI=1S/C20H18F3N5O2/c1-10-17-13(27-19(24)26-10)7-11(8-15(17)29)18-25-5-6-28(18)14-9-12(20(21,22)23)3-4-16(14)30-2/h3-6,9,11H,7-8H2,1-2H3,(H2,24,26,27). The van der Waals surface area contributed by atoms with Crippen LogP contribution in [0.4, 0.5) is 19.1 Å². The molecule has 3 aromatic rings. The Kier molecular flexibility index (Phi) is 4.71. The molecule has 0 bridgehead atoms. The first-order chi connectivity index (χ1) is 14.2. The molecule has 0 spiro atoms. The van der Waals surface area contributed by atoms with Gasteiger partial charge < -0.3 is 10.5 Å². The minimum atomic E-state index is -4.51. The van der Waals surface area contributed by atoms with Crippen molar-refractivity contribution in [1.29, 1.82) is 0 Å². The summed E-state index contributed by atoms with van der Waals surface area (Å²) in [5, 5.41) is 0. The van der Waals surface area contributed by atoms with Crippen LogP contribution < -0.4 is 10.5 Å². The lowest BCUT2D eigenvalue weighted by atomic mass is 9.84. The van der Waals surface area contributed by atoms with Crippen LogP contribution in [-0.2, 0) is 12.6 Å². The van der Waals surface area contributed by atoms with Gasteiger partial charge in [0.05, 0.1) is 35.3 Å². The van der Waals surface area contributed by atoms with Crippen molar-refractivity contribution in [2.45, 2.75) is 31.9 Å². The van der Waals surface area contributed by atoms with E-state index in [9.17, 15) is 18.0 Å². The molecule has 0 saturated heterocycles. The lowest BCUT2D eigenvalue weighted by Gasteiger charge is -2.25. The molecule has 0 radical (unpaired) electrons. The number of ketones is 1. The third kappa shape index (κ3) is 3.38. The molecule has 156 valence electrons. The number of anilines is 1. The lowest BCUT2D eigenvalue weighted by molar-refractivity contribution is -0.137. The van der Waals surface area contributed by atoms with Crippen molar-refractivity contribution >= 4 is 11.7 Å². The number of fused-ring (bicyclic) bond motifs is 1. The Morgan fingerprint density at radius 1 is 1.23 bits per heavy atom. The molecular weight excluding hydrogens is 399 g/mol. The molecule has 2 aromatic heterocycles. The molecular formula is C20H18F3N5O2. The van der Waals surface area contributed by atoms with Gasteiger partial charge in [0.15, 0.2) is 5.78 Å². The summed E-state index contributed by atoms with van der Waals surface area (Å²) in [7, 11) is 1.38.